The summed E-state index contributed by atoms with van der Waals surface area (Å²) in [6, 6.07) is 3.81. The van der Waals surface area contributed by atoms with Crippen LogP contribution in [0.4, 0.5) is 0 Å². The molecule has 0 spiro atoms. The van der Waals surface area contributed by atoms with Crippen LogP contribution in [0.15, 0.2) is 17.5 Å². The van der Waals surface area contributed by atoms with Crippen LogP contribution in [0.3, 0.4) is 0 Å². The van der Waals surface area contributed by atoms with Gasteiger partial charge in [-0.2, -0.15) is 0 Å². The molecule has 0 saturated heterocycles. The van der Waals surface area contributed by atoms with Gasteiger partial charge in [0.15, 0.2) is 6.29 Å². The van der Waals surface area contributed by atoms with Gasteiger partial charge in [0.1, 0.15) is 0 Å². The second-order valence-electron chi connectivity index (χ2n) is 2.85. The van der Waals surface area contributed by atoms with E-state index in [1.807, 2.05) is 17.5 Å². The predicted molar refractivity (Wildman–Crippen MR) is 61.8 cm³/mol. The van der Waals surface area contributed by atoms with E-state index in [9.17, 15) is 4.79 Å². The van der Waals surface area contributed by atoms with E-state index in [-0.39, 0.29) is 0 Å². The second-order valence-corrected chi connectivity index (χ2v) is 4.43. The fourth-order valence-electron chi connectivity index (χ4n) is 1.41. The number of hydrogen-bond acceptors (Lipinski definition) is 2. The van der Waals surface area contributed by atoms with Gasteiger partial charge >= 0.3 is 0 Å². The molecule has 2 rings (SSSR count). The Morgan fingerprint density at radius 2 is 2.21 bits per heavy atom. The number of aldehydes is 1. The lowest BCUT2D eigenvalue weighted by Gasteiger charge is -2.02. The normalized spacial score (nSPS) is 10.7. The van der Waals surface area contributed by atoms with E-state index in [0.29, 0.717) is 16.5 Å². The van der Waals surface area contributed by atoms with Gasteiger partial charge in [0.2, 0.25) is 0 Å². The fraction of sp³-hybridized carbons (Fsp3) is 0.100. The summed E-state index contributed by atoms with van der Waals surface area (Å²) in [4.78, 5) is 10.9. The number of alkyl halides is 1. The summed E-state index contributed by atoms with van der Waals surface area (Å²) < 4.78 is 1.02. The maximum atomic E-state index is 10.9. The number of hydrogen-bond donors (Lipinski definition) is 0. The van der Waals surface area contributed by atoms with Crippen LogP contribution in [0.5, 0.6) is 0 Å². The van der Waals surface area contributed by atoms with Gasteiger partial charge in [-0.1, -0.05) is 17.7 Å². The summed E-state index contributed by atoms with van der Waals surface area (Å²) in [5, 5.41) is 3.28. The Morgan fingerprint density at radius 1 is 1.43 bits per heavy atom. The monoisotopic (exact) mass is 244 g/mol. The van der Waals surface area contributed by atoms with Crippen LogP contribution in [0.2, 0.25) is 5.02 Å². The summed E-state index contributed by atoms with van der Waals surface area (Å²) >= 11 is 13.3. The van der Waals surface area contributed by atoms with Crippen molar-refractivity contribution in [2.24, 2.45) is 0 Å². The quantitative estimate of drug-likeness (QED) is 0.574. The maximum Gasteiger partial charge on any atom is 0.151 e. The van der Waals surface area contributed by atoms with E-state index in [1.54, 1.807) is 0 Å². The molecule has 0 aliphatic heterocycles. The zero-order valence-electron chi connectivity index (χ0n) is 7.09. The molecule has 1 heterocycles. The first-order valence-corrected chi connectivity index (χ1v) is 5.77. The highest BCUT2D eigenvalue weighted by Gasteiger charge is 2.10. The van der Waals surface area contributed by atoms with Gasteiger partial charge in [0.05, 0.1) is 5.02 Å². The van der Waals surface area contributed by atoms with E-state index in [0.717, 1.165) is 21.9 Å². The van der Waals surface area contributed by atoms with Gasteiger partial charge in [-0.05, 0) is 11.6 Å². The number of carbonyl (C=O) groups is 1. The molecular formula is C10H6Cl2OS. The molecule has 0 unspecified atom stereocenters. The van der Waals surface area contributed by atoms with Gasteiger partial charge in [-0.25, -0.2) is 0 Å². The Labute approximate surface area is 95.3 Å². The number of thiophene rings is 1. The lowest BCUT2D eigenvalue weighted by molar-refractivity contribution is 0.112. The highest BCUT2D eigenvalue weighted by atomic mass is 35.5. The number of benzene rings is 1. The first-order valence-electron chi connectivity index (χ1n) is 3.97. The summed E-state index contributed by atoms with van der Waals surface area (Å²) in [7, 11) is 0. The molecule has 1 nitrogen and oxygen atoms in total. The molecule has 0 atom stereocenters. The standard InChI is InChI=1S/C10H6Cl2OS/c11-3-6-1-2-9-10(7(6)4-13)8(12)5-14-9/h1-2,4-5H,3H2. The molecule has 0 radical (unpaired) electrons. The van der Waals surface area contributed by atoms with Gasteiger partial charge in [-0.3, -0.25) is 4.79 Å². The Kier molecular flexibility index (Phi) is 2.77. The van der Waals surface area contributed by atoms with Crippen molar-refractivity contribution in [2.45, 2.75) is 5.88 Å². The minimum absolute atomic E-state index is 0.330. The molecule has 14 heavy (non-hydrogen) atoms. The molecule has 0 saturated carbocycles. The molecule has 0 aliphatic carbocycles. The lowest BCUT2D eigenvalue weighted by atomic mass is 10.1. The van der Waals surface area contributed by atoms with E-state index in [4.69, 9.17) is 23.2 Å². The molecule has 1 aromatic carbocycles. The Morgan fingerprint density at radius 3 is 2.86 bits per heavy atom. The summed E-state index contributed by atoms with van der Waals surface area (Å²) in [6.45, 7) is 0. The first-order chi connectivity index (χ1) is 6.77. The van der Waals surface area contributed by atoms with Crippen molar-refractivity contribution in [1.82, 2.24) is 0 Å². The molecule has 0 aliphatic rings. The Balaban J connectivity index is 2.87. The van der Waals surface area contributed by atoms with Crippen LogP contribution < -0.4 is 0 Å². The van der Waals surface area contributed by atoms with E-state index in [1.165, 1.54) is 11.3 Å². The number of halogens is 2. The van der Waals surface area contributed by atoms with Crippen molar-refractivity contribution in [3.8, 4) is 0 Å². The Bertz CT molecular complexity index is 490. The summed E-state index contributed by atoms with van der Waals surface area (Å²) in [5.74, 6) is 0.330. The zero-order valence-corrected chi connectivity index (χ0v) is 9.42. The van der Waals surface area contributed by atoms with Crippen LogP contribution in [0.25, 0.3) is 10.1 Å². The molecule has 1 aromatic heterocycles. The van der Waals surface area contributed by atoms with E-state index in [2.05, 4.69) is 0 Å². The van der Waals surface area contributed by atoms with Crippen molar-refractivity contribution in [2.75, 3.05) is 0 Å². The van der Waals surface area contributed by atoms with E-state index >= 15 is 0 Å². The largest absolute Gasteiger partial charge is 0.298 e. The van der Waals surface area contributed by atoms with Crippen molar-refractivity contribution in [3.05, 3.63) is 33.7 Å². The molecule has 0 N–H and O–H groups in total. The first kappa shape index (κ1) is 9.97. The average Bonchev–Trinajstić information content (AvgIpc) is 2.59. The van der Waals surface area contributed by atoms with Crippen molar-refractivity contribution >= 4 is 50.9 Å². The molecular weight excluding hydrogens is 239 g/mol. The number of rotatable bonds is 2. The summed E-state index contributed by atoms with van der Waals surface area (Å²) in [6.07, 6.45) is 0.818. The molecule has 0 fully saturated rings. The van der Waals surface area contributed by atoms with Crippen molar-refractivity contribution in [3.63, 3.8) is 0 Å². The zero-order chi connectivity index (χ0) is 10.1. The number of carbonyl (C=O) groups excluding carboxylic acids is 1. The lowest BCUT2D eigenvalue weighted by Crippen LogP contribution is -1.89. The molecule has 72 valence electrons. The SMILES string of the molecule is O=Cc1c(CCl)ccc2scc(Cl)c12. The fourth-order valence-corrected chi connectivity index (χ4v) is 2.87. The minimum atomic E-state index is 0.330. The van der Waals surface area contributed by atoms with Gasteiger partial charge in [0.25, 0.3) is 0 Å². The van der Waals surface area contributed by atoms with Crippen LogP contribution in [-0.4, -0.2) is 6.29 Å². The third-order valence-corrected chi connectivity index (χ3v) is 3.75. The van der Waals surface area contributed by atoms with Crippen LogP contribution in [-0.2, 0) is 5.88 Å². The van der Waals surface area contributed by atoms with Crippen molar-refractivity contribution in [1.29, 1.82) is 0 Å². The smallest absolute Gasteiger partial charge is 0.151 e. The Hall–Kier alpha value is -0.570. The van der Waals surface area contributed by atoms with Crippen LogP contribution in [0.1, 0.15) is 15.9 Å². The number of fused-ring (bicyclic) bond motifs is 1. The molecule has 2 aromatic rings. The molecule has 4 heteroatoms. The van der Waals surface area contributed by atoms with E-state index < -0.39 is 0 Å². The third-order valence-electron chi connectivity index (χ3n) is 2.09. The van der Waals surface area contributed by atoms with Gasteiger partial charge < -0.3 is 0 Å². The average molecular weight is 245 g/mol. The predicted octanol–water partition coefficient (Wildman–Crippen LogP) is 4.11. The molecule has 0 bridgehead atoms. The van der Waals surface area contributed by atoms with Crippen molar-refractivity contribution < 1.29 is 4.79 Å². The van der Waals surface area contributed by atoms with Crippen LogP contribution >= 0.6 is 34.5 Å². The second kappa shape index (κ2) is 3.89. The highest BCUT2D eigenvalue weighted by molar-refractivity contribution is 7.17. The maximum absolute atomic E-state index is 10.9. The van der Waals surface area contributed by atoms with Gasteiger partial charge in [0, 0.05) is 26.9 Å². The van der Waals surface area contributed by atoms with Gasteiger partial charge in [-0.15, -0.1) is 22.9 Å². The minimum Gasteiger partial charge on any atom is -0.298 e. The van der Waals surface area contributed by atoms with Crippen LogP contribution in [0, 0.1) is 0 Å². The molecule has 0 amide bonds. The summed E-state index contributed by atoms with van der Waals surface area (Å²) in [5.41, 5.74) is 1.44. The third kappa shape index (κ3) is 1.44. The topological polar surface area (TPSA) is 17.1 Å². The highest BCUT2D eigenvalue weighted by Crippen LogP contribution is 2.33.